The molecule has 1 aliphatic rings. The first kappa shape index (κ1) is 19.5. The monoisotopic (exact) mass is 393 g/mol. The van der Waals surface area contributed by atoms with Gasteiger partial charge in [-0.05, 0) is 42.0 Å². The Morgan fingerprint density at radius 1 is 1.32 bits per heavy atom. The van der Waals surface area contributed by atoms with Crippen molar-refractivity contribution in [1.29, 1.82) is 5.26 Å². The largest absolute Gasteiger partial charge is 0.478 e. The molecule has 0 atom stereocenters. The van der Waals surface area contributed by atoms with E-state index >= 15 is 0 Å². The second-order valence-electron chi connectivity index (χ2n) is 6.00. The zero-order valence-corrected chi connectivity index (χ0v) is 16.1. The molecule has 1 aromatic heterocycles. The molecule has 28 heavy (non-hydrogen) atoms. The molecular weight excluding hydrogens is 374 g/mol. The molecule has 8 heteroatoms. The number of nitrogens with one attached hydrogen (secondary N) is 2. The van der Waals surface area contributed by atoms with E-state index in [1.807, 2.05) is 5.41 Å². The van der Waals surface area contributed by atoms with Gasteiger partial charge < -0.3 is 15.7 Å². The second kappa shape index (κ2) is 9.06. The van der Waals surface area contributed by atoms with Gasteiger partial charge in [0.25, 0.3) is 0 Å². The van der Waals surface area contributed by atoms with Crippen LogP contribution < -0.4 is 10.6 Å². The first-order valence-electron chi connectivity index (χ1n) is 8.77. The van der Waals surface area contributed by atoms with Gasteiger partial charge in [0.1, 0.15) is 11.6 Å². The molecule has 3 rings (SSSR count). The van der Waals surface area contributed by atoms with Crippen molar-refractivity contribution in [3.8, 4) is 6.07 Å². The molecule has 142 valence electrons. The maximum atomic E-state index is 10.9. The molecule has 2 aromatic rings. The number of nitrogens with zero attached hydrogens (tertiary/aromatic N) is 3. The molecule has 0 saturated heterocycles. The molecule has 7 nitrogen and oxygen atoms in total. The number of nitriles is 1. The van der Waals surface area contributed by atoms with Crippen LogP contribution in [-0.2, 0) is 6.42 Å². The number of thioether (sulfide) groups is 1. The number of benzene rings is 1. The fourth-order valence-corrected chi connectivity index (χ4v) is 3.51. The van der Waals surface area contributed by atoms with E-state index in [1.165, 1.54) is 11.8 Å². The van der Waals surface area contributed by atoms with Gasteiger partial charge in [0.05, 0.1) is 16.3 Å². The highest BCUT2D eigenvalue weighted by Gasteiger charge is 2.16. The fourth-order valence-electron chi connectivity index (χ4n) is 2.57. The third-order valence-electron chi connectivity index (χ3n) is 4.12. The van der Waals surface area contributed by atoms with Gasteiger partial charge in [-0.1, -0.05) is 30.8 Å². The maximum Gasteiger partial charge on any atom is 0.335 e. The van der Waals surface area contributed by atoms with Gasteiger partial charge >= 0.3 is 5.97 Å². The average Bonchev–Trinajstić information content (AvgIpc) is 3.18. The van der Waals surface area contributed by atoms with E-state index in [-0.39, 0.29) is 5.56 Å². The molecule has 0 unspecified atom stereocenters. The molecule has 0 amide bonds. The standard InChI is InChI=1S/C20H19N5O2S/c1-2-15-12-28-18(24-15)16(11-21)17-8-10-23-20(25-17)22-9-7-13-3-5-14(6-4-13)19(26)27/h3-6,8,10,12,24H,2,7,9H2,1H3,(H,26,27)(H,22,23,25). The molecule has 0 fully saturated rings. The van der Waals surface area contributed by atoms with E-state index in [1.54, 1.807) is 36.5 Å². The van der Waals surface area contributed by atoms with Crippen LogP contribution in [0, 0.1) is 11.3 Å². The Morgan fingerprint density at radius 3 is 2.75 bits per heavy atom. The third-order valence-corrected chi connectivity index (χ3v) is 5.07. The van der Waals surface area contributed by atoms with Crippen LogP contribution in [0.2, 0.25) is 0 Å². The highest BCUT2D eigenvalue weighted by Crippen LogP contribution is 2.31. The van der Waals surface area contributed by atoms with E-state index in [2.05, 4.69) is 33.6 Å². The van der Waals surface area contributed by atoms with Gasteiger partial charge in [-0.15, -0.1) is 0 Å². The van der Waals surface area contributed by atoms with Gasteiger partial charge in [-0.3, -0.25) is 0 Å². The van der Waals surface area contributed by atoms with Crippen molar-refractivity contribution >= 4 is 29.3 Å². The first-order chi connectivity index (χ1) is 13.6. The number of hydrogen-bond donors (Lipinski definition) is 3. The Hall–Kier alpha value is -3.31. The van der Waals surface area contributed by atoms with E-state index in [0.29, 0.717) is 30.2 Å². The lowest BCUT2D eigenvalue weighted by molar-refractivity contribution is 0.0697. The zero-order chi connectivity index (χ0) is 19.9. The summed E-state index contributed by atoms with van der Waals surface area (Å²) >= 11 is 1.49. The van der Waals surface area contributed by atoms with E-state index in [0.717, 1.165) is 22.7 Å². The first-order valence-corrected chi connectivity index (χ1v) is 9.65. The number of aromatic nitrogens is 2. The van der Waals surface area contributed by atoms with Gasteiger partial charge in [0, 0.05) is 18.4 Å². The van der Waals surface area contributed by atoms with Crippen LogP contribution >= 0.6 is 11.8 Å². The summed E-state index contributed by atoms with van der Waals surface area (Å²) < 4.78 is 0. The van der Waals surface area contributed by atoms with Crippen LogP contribution in [0.15, 0.2) is 52.7 Å². The van der Waals surface area contributed by atoms with Crippen LogP contribution in [0.1, 0.15) is 35.0 Å². The van der Waals surface area contributed by atoms with E-state index < -0.39 is 5.97 Å². The summed E-state index contributed by atoms with van der Waals surface area (Å²) in [5, 5.41) is 27.7. The van der Waals surface area contributed by atoms with Crippen molar-refractivity contribution in [2.45, 2.75) is 19.8 Å². The highest BCUT2D eigenvalue weighted by atomic mass is 32.2. The summed E-state index contributed by atoms with van der Waals surface area (Å²) in [6.07, 6.45) is 3.19. The second-order valence-corrected chi connectivity index (χ2v) is 6.88. The summed E-state index contributed by atoms with van der Waals surface area (Å²) in [6, 6.07) is 10.7. The average molecular weight is 393 g/mol. The van der Waals surface area contributed by atoms with Crippen molar-refractivity contribution in [3.05, 3.63) is 69.5 Å². The smallest absolute Gasteiger partial charge is 0.335 e. The van der Waals surface area contributed by atoms with E-state index in [9.17, 15) is 10.1 Å². The summed E-state index contributed by atoms with van der Waals surface area (Å²) in [4.78, 5) is 19.5. The molecule has 0 spiro atoms. The van der Waals surface area contributed by atoms with Crippen molar-refractivity contribution < 1.29 is 9.90 Å². The molecule has 0 aliphatic carbocycles. The van der Waals surface area contributed by atoms with Crippen LogP contribution in [0.5, 0.6) is 0 Å². The normalized spacial score (nSPS) is 14.6. The minimum Gasteiger partial charge on any atom is -0.478 e. The molecular formula is C20H19N5O2S. The quantitative estimate of drug-likeness (QED) is 0.612. The van der Waals surface area contributed by atoms with Crippen LogP contribution in [0.3, 0.4) is 0 Å². The minimum atomic E-state index is -0.937. The van der Waals surface area contributed by atoms with Gasteiger partial charge in [-0.2, -0.15) is 5.26 Å². The number of anilines is 1. The fraction of sp³-hybridized carbons (Fsp3) is 0.200. The van der Waals surface area contributed by atoms with Crippen molar-refractivity contribution in [3.63, 3.8) is 0 Å². The Morgan fingerprint density at radius 2 is 2.11 bits per heavy atom. The van der Waals surface area contributed by atoms with E-state index in [4.69, 9.17) is 5.11 Å². The van der Waals surface area contributed by atoms with Crippen LogP contribution in [0.4, 0.5) is 5.95 Å². The minimum absolute atomic E-state index is 0.268. The van der Waals surface area contributed by atoms with Gasteiger partial charge in [0.2, 0.25) is 5.95 Å². The zero-order valence-electron chi connectivity index (χ0n) is 15.3. The Labute approximate surface area is 167 Å². The molecule has 2 heterocycles. The number of carboxylic acid groups (broad SMARTS) is 1. The SMILES string of the molecule is CCC1=CSC(=C(C#N)c2ccnc(NCCc3ccc(C(=O)O)cc3)n2)N1. The number of aromatic carboxylic acids is 1. The molecule has 1 aromatic carbocycles. The molecule has 0 bridgehead atoms. The summed E-state index contributed by atoms with van der Waals surface area (Å²) in [5.41, 5.74) is 3.40. The number of carboxylic acids is 1. The third kappa shape index (κ3) is 4.69. The predicted octanol–water partition coefficient (Wildman–Crippen LogP) is 3.61. The molecule has 0 radical (unpaired) electrons. The predicted molar refractivity (Wildman–Crippen MR) is 109 cm³/mol. The van der Waals surface area contributed by atoms with Crippen LogP contribution in [-0.4, -0.2) is 27.6 Å². The Balaban J connectivity index is 1.64. The summed E-state index contributed by atoms with van der Waals surface area (Å²) in [5.74, 6) is -0.492. The lowest BCUT2D eigenvalue weighted by Crippen LogP contribution is -2.10. The topological polar surface area (TPSA) is 111 Å². The van der Waals surface area contributed by atoms with Crippen molar-refractivity contribution in [2.75, 3.05) is 11.9 Å². The highest BCUT2D eigenvalue weighted by molar-refractivity contribution is 8.06. The Kier molecular flexibility index (Phi) is 6.29. The molecule has 0 saturated carbocycles. The summed E-state index contributed by atoms with van der Waals surface area (Å²) in [7, 11) is 0. The maximum absolute atomic E-state index is 10.9. The Bertz CT molecular complexity index is 977. The number of rotatable bonds is 7. The number of allylic oxidation sites excluding steroid dienone is 2. The van der Waals surface area contributed by atoms with Crippen LogP contribution in [0.25, 0.3) is 5.57 Å². The number of hydrogen-bond acceptors (Lipinski definition) is 7. The summed E-state index contributed by atoms with van der Waals surface area (Å²) in [6.45, 7) is 2.64. The lowest BCUT2D eigenvalue weighted by Gasteiger charge is -2.08. The number of carbonyl (C=O) groups is 1. The molecule has 1 aliphatic heterocycles. The van der Waals surface area contributed by atoms with Crippen molar-refractivity contribution in [2.24, 2.45) is 0 Å². The molecule has 3 N–H and O–H groups in total. The lowest BCUT2D eigenvalue weighted by atomic mass is 10.1. The van der Waals surface area contributed by atoms with Crippen molar-refractivity contribution in [1.82, 2.24) is 15.3 Å². The van der Waals surface area contributed by atoms with Gasteiger partial charge in [-0.25, -0.2) is 14.8 Å². The van der Waals surface area contributed by atoms with Gasteiger partial charge in [0.15, 0.2) is 0 Å².